The lowest BCUT2D eigenvalue weighted by Crippen LogP contribution is -2.45. The molecule has 1 atom stereocenters. The molecule has 0 radical (unpaired) electrons. The van der Waals surface area contributed by atoms with Gasteiger partial charge in [-0.2, -0.15) is 0 Å². The minimum Gasteiger partial charge on any atom is -0.482 e. The predicted molar refractivity (Wildman–Crippen MR) is 95.7 cm³/mol. The number of nitrogens with one attached hydrogen (secondary N) is 3. The molecule has 3 N–H and O–H groups in total. The Kier molecular flexibility index (Phi) is 7.71. The smallest absolute Gasteiger partial charge is 0.321 e. The number of urea groups is 1. The van der Waals surface area contributed by atoms with Gasteiger partial charge in [0.1, 0.15) is 11.8 Å². The molecule has 0 heterocycles. The molecule has 0 spiro atoms. The Balaban J connectivity index is 2.78. The number of likely N-dealkylation sites (N-methyl/N-ethyl adjacent to an activating group) is 1. The van der Waals surface area contributed by atoms with Crippen molar-refractivity contribution in [3.8, 4) is 5.75 Å². The summed E-state index contributed by atoms with van der Waals surface area (Å²) in [5.41, 5.74) is 1.52. The average molecular weight is 350 g/mol. The van der Waals surface area contributed by atoms with Crippen LogP contribution in [0.25, 0.3) is 0 Å². The number of hydrogen-bond donors (Lipinski definition) is 3. The van der Waals surface area contributed by atoms with E-state index in [1.165, 1.54) is 4.90 Å². The highest BCUT2D eigenvalue weighted by atomic mass is 16.5. The van der Waals surface area contributed by atoms with E-state index in [1.54, 1.807) is 40.1 Å². The molecule has 0 aliphatic carbocycles. The molecule has 1 rings (SSSR count). The average Bonchev–Trinajstić information content (AvgIpc) is 2.54. The molecule has 8 nitrogen and oxygen atoms in total. The first-order valence-corrected chi connectivity index (χ1v) is 8.03. The molecule has 1 aromatic carbocycles. The lowest BCUT2D eigenvalue weighted by atomic mass is 10.2. The summed E-state index contributed by atoms with van der Waals surface area (Å²) in [5, 5.41) is 7.73. The molecular weight excluding hydrogens is 324 g/mol. The summed E-state index contributed by atoms with van der Waals surface area (Å²) in [6.07, 6.45) is 0. The normalized spacial score (nSPS) is 11.2. The molecule has 0 bridgehead atoms. The van der Waals surface area contributed by atoms with Crippen molar-refractivity contribution in [3.05, 3.63) is 23.8 Å². The monoisotopic (exact) mass is 350 g/mol. The van der Waals surface area contributed by atoms with E-state index >= 15 is 0 Å². The topological polar surface area (TPSA) is 99.8 Å². The van der Waals surface area contributed by atoms with E-state index in [-0.39, 0.29) is 12.5 Å². The van der Waals surface area contributed by atoms with Gasteiger partial charge in [0.05, 0.1) is 5.69 Å². The molecule has 0 aromatic heterocycles. The highest BCUT2D eigenvalue weighted by molar-refractivity contribution is 5.98. The van der Waals surface area contributed by atoms with Crippen molar-refractivity contribution in [1.82, 2.24) is 15.5 Å². The molecular formula is C17H26N4O4. The lowest BCUT2D eigenvalue weighted by molar-refractivity contribution is -0.130. The Hall–Kier alpha value is -2.77. The number of ether oxygens (including phenoxy) is 1. The van der Waals surface area contributed by atoms with Gasteiger partial charge in [-0.25, -0.2) is 4.79 Å². The number of hydrogen-bond acceptors (Lipinski definition) is 5. The van der Waals surface area contributed by atoms with E-state index in [0.29, 0.717) is 18.0 Å². The SMILES string of the molecule is CCNC(=O)NC(=O)C(C)Nc1ccc(C)cc1OCC(=O)N(C)C. The highest BCUT2D eigenvalue weighted by Crippen LogP contribution is 2.26. The van der Waals surface area contributed by atoms with Gasteiger partial charge in [0.15, 0.2) is 6.61 Å². The Labute approximate surface area is 147 Å². The van der Waals surface area contributed by atoms with Crippen LogP contribution in [-0.2, 0) is 9.59 Å². The van der Waals surface area contributed by atoms with Crippen LogP contribution in [0.3, 0.4) is 0 Å². The van der Waals surface area contributed by atoms with Gasteiger partial charge in [-0.05, 0) is 38.5 Å². The van der Waals surface area contributed by atoms with Gasteiger partial charge in [0, 0.05) is 20.6 Å². The van der Waals surface area contributed by atoms with Crippen LogP contribution in [0.5, 0.6) is 5.75 Å². The molecule has 0 aliphatic rings. The number of imide groups is 1. The molecule has 1 aromatic rings. The number of rotatable bonds is 7. The second-order valence-electron chi connectivity index (χ2n) is 5.79. The molecule has 0 saturated carbocycles. The first-order valence-electron chi connectivity index (χ1n) is 8.03. The molecule has 1 unspecified atom stereocenters. The fourth-order valence-corrected chi connectivity index (χ4v) is 1.86. The van der Waals surface area contributed by atoms with E-state index in [4.69, 9.17) is 4.74 Å². The van der Waals surface area contributed by atoms with Gasteiger partial charge >= 0.3 is 6.03 Å². The van der Waals surface area contributed by atoms with E-state index in [1.807, 2.05) is 13.0 Å². The van der Waals surface area contributed by atoms with Crippen molar-refractivity contribution in [3.63, 3.8) is 0 Å². The van der Waals surface area contributed by atoms with Gasteiger partial charge in [-0.15, -0.1) is 0 Å². The lowest BCUT2D eigenvalue weighted by Gasteiger charge is -2.19. The zero-order chi connectivity index (χ0) is 19.0. The standard InChI is InChI=1S/C17H26N4O4/c1-6-18-17(24)20-16(23)12(3)19-13-8-7-11(2)9-14(13)25-10-15(22)21(4)5/h7-9,12,19H,6,10H2,1-5H3,(H2,18,20,23,24). The van der Waals surface area contributed by atoms with E-state index in [9.17, 15) is 14.4 Å². The summed E-state index contributed by atoms with van der Waals surface area (Å²) in [7, 11) is 3.30. The Bertz CT molecular complexity index is 631. The first kappa shape index (κ1) is 20.3. The minimum atomic E-state index is -0.669. The van der Waals surface area contributed by atoms with Gasteiger partial charge in [0.25, 0.3) is 5.91 Å². The van der Waals surface area contributed by atoms with E-state index in [2.05, 4.69) is 16.0 Å². The quantitative estimate of drug-likeness (QED) is 0.684. The Morgan fingerprint density at radius 2 is 1.92 bits per heavy atom. The predicted octanol–water partition coefficient (Wildman–Crippen LogP) is 1.11. The van der Waals surface area contributed by atoms with Gasteiger partial charge in [-0.1, -0.05) is 6.07 Å². The number of aryl methyl sites for hydroxylation is 1. The third-order valence-electron chi connectivity index (χ3n) is 3.33. The van der Waals surface area contributed by atoms with Crippen LogP contribution in [0, 0.1) is 6.92 Å². The highest BCUT2D eigenvalue weighted by Gasteiger charge is 2.17. The summed E-state index contributed by atoms with van der Waals surface area (Å²) in [4.78, 5) is 36.6. The second-order valence-corrected chi connectivity index (χ2v) is 5.79. The fraction of sp³-hybridized carbons (Fsp3) is 0.471. The molecule has 25 heavy (non-hydrogen) atoms. The number of nitrogens with zero attached hydrogens (tertiary/aromatic N) is 1. The van der Waals surface area contributed by atoms with Crippen molar-refractivity contribution in [2.75, 3.05) is 32.6 Å². The summed E-state index contributed by atoms with van der Waals surface area (Å²) >= 11 is 0. The van der Waals surface area contributed by atoms with Crippen molar-refractivity contribution in [1.29, 1.82) is 0 Å². The van der Waals surface area contributed by atoms with Gasteiger partial charge in [0.2, 0.25) is 5.91 Å². The maximum Gasteiger partial charge on any atom is 0.321 e. The van der Waals surface area contributed by atoms with Crippen molar-refractivity contribution in [2.24, 2.45) is 0 Å². The number of carbonyl (C=O) groups excluding carboxylic acids is 3. The van der Waals surface area contributed by atoms with Crippen LogP contribution in [0.15, 0.2) is 18.2 Å². The summed E-state index contributed by atoms with van der Waals surface area (Å²) in [6.45, 7) is 5.61. The van der Waals surface area contributed by atoms with E-state index < -0.39 is 18.0 Å². The molecule has 0 fully saturated rings. The third-order valence-corrected chi connectivity index (χ3v) is 3.33. The summed E-state index contributed by atoms with van der Waals surface area (Å²) < 4.78 is 5.58. The largest absolute Gasteiger partial charge is 0.482 e. The molecule has 0 aliphatic heterocycles. The maximum absolute atomic E-state index is 12.0. The van der Waals surface area contributed by atoms with Crippen molar-refractivity contribution >= 4 is 23.5 Å². The van der Waals surface area contributed by atoms with Crippen LogP contribution in [0.4, 0.5) is 10.5 Å². The van der Waals surface area contributed by atoms with Crippen LogP contribution < -0.4 is 20.7 Å². The number of anilines is 1. The molecule has 138 valence electrons. The third kappa shape index (κ3) is 6.70. The van der Waals surface area contributed by atoms with Crippen LogP contribution in [0.2, 0.25) is 0 Å². The summed E-state index contributed by atoms with van der Waals surface area (Å²) in [5.74, 6) is -0.177. The number of amides is 4. The fourth-order valence-electron chi connectivity index (χ4n) is 1.86. The van der Waals surface area contributed by atoms with Gasteiger partial charge < -0.3 is 20.3 Å². The maximum atomic E-state index is 12.0. The molecule has 0 saturated heterocycles. The number of benzene rings is 1. The number of carbonyl (C=O) groups is 3. The zero-order valence-corrected chi connectivity index (χ0v) is 15.3. The second kappa shape index (κ2) is 9.51. The van der Waals surface area contributed by atoms with Crippen LogP contribution in [-0.4, -0.2) is 56.0 Å². The Morgan fingerprint density at radius 3 is 2.52 bits per heavy atom. The van der Waals surface area contributed by atoms with Crippen molar-refractivity contribution < 1.29 is 19.1 Å². The Morgan fingerprint density at radius 1 is 1.24 bits per heavy atom. The van der Waals surface area contributed by atoms with Crippen LogP contribution >= 0.6 is 0 Å². The van der Waals surface area contributed by atoms with E-state index in [0.717, 1.165) is 5.56 Å². The molecule has 8 heteroatoms. The molecule has 4 amide bonds. The first-order chi connectivity index (χ1) is 11.7. The minimum absolute atomic E-state index is 0.107. The summed E-state index contributed by atoms with van der Waals surface area (Å²) in [6, 6.07) is 4.19. The van der Waals surface area contributed by atoms with Crippen LogP contribution in [0.1, 0.15) is 19.4 Å². The van der Waals surface area contributed by atoms with Crippen molar-refractivity contribution in [2.45, 2.75) is 26.8 Å². The zero-order valence-electron chi connectivity index (χ0n) is 15.3. The van der Waals surface area contributed by atoms with Gasteiger partial charge in [-0.3, -0.25) is 14.9 Å².